The average Bonchev–Trinajstić information content (AvgIpc) is 2.64. The fraction of sp³-hybridized carbons (Fsp3) is 0.778. The number of hydrogen-bond acceptors (Lipinski definition) is 1. The predicted molar refractivity (Wildman–Crippen MR) is 42.8 cm³/mol. The topological polar surface area (TPSA) is 20.2 Å². The molecule has 1 fully saturated rings. The summed E-state index contributed by atoms with van der Waals surface area (Å²) in [6, 6.07) is 0. The van der Waals surface area contributed by atoms with Crippen molar-refractivity contribution in [2.75, 3.05) is 0 Å². The summed E-state index contributed by atoms with van der Waals surface area (Å²) in [6.45, 7) is 5.57. The molecule has 1 atom stereocenters. The smallest absolute Gasteiger partial charge is 0.0568 e. The Morgan fingerprint density at radius 2 is 2.30 bits per heavy atom. The van der Waals surface area contributed by atoms with Crippen molar-refractivity contribution in [2.45, 2.75) is 38.7 Å². The van der Waals surface area contributed by atoms with Gasteiger partial charge in [0.25, 0.3) is 0 Å². The van der Waals surface area contributed by atoms with Crippen molar-refractivity contribution >= 4 is 0 Å². The molecular formula is C9H16O. The molecule has 1 rings (SSSR count). The monoisotopic (exact) mass is 140 g/mol. The zero-order valence-electron chi connectivity index (χ0n) is 6.64. The van der Waals surface area contributed by atoms with Crippen LogP contribution in [-0.4, -0.2) is 11.2 Å². The van der Waals surface area contributed by atoms with Crippen molar-refractivity contribution in [3.05, 3.63) is 12.7 Å². The summed E-state index contributed by atoms with van der Waals surface area (Å²) < 4.78 is 0. The molecule has 1 saturated carbocycles. The van der Waals surface area contributed by atoms with Crippen LogP contribution >= 0.6 is 0 Å². The first-order valence-electron chi connectivity index (χ1n) is 4.00. The van der Waals surface area contributed by atoms with Gasteiger partial charge in [-0.15, -0.1) is 6.58 Å². The first kappa shape index (κ1) is 7.80. The first-order chi connectivity index (χ1) is 4.71. The zero-order valence-corrected chi connectivity index (χ0v) is 6.64. The van der Waals surface area contributed by atoms with Crippen LogP contribution in [0.1, 0.15) is 32.6 Å². The van der Waals surface area contributed by atoms with Gasteiger partial charge in [0.2, 0.25) is 0 Å². The van der Waals surface area contributed by atoms with Crippen LogP contribution in [-0.2, 0) is 0 Å². The Balaban J connectivity index is 2.30. The minimum atomic E-state index is -0.118. The second-order valence-corrected chi connectivity index (χ2v) is 3.37. The number of rotatable bonds is 4. The van der Waals surface area contributed by atoms with Gasteiger partial charge in [0, 0.05) is 0 Å². The van der Waals surface area contributed by atoms with E-state index in [0.717, 1.165) is 12.8 Å². The van der Waals surface area contributed by atoms with Crippen LogP contribution in [0, 0.1) is 5.41 Å². The number of allylic oxidation sites excluding steroid dienone is 1. The Kier molecular flexibility index (Phi) is 2.14. The number of aliphatic hydroxyl groups excluding tert-OH is 1. The second-order valence-electron chi connectivity index (χ2n) is 3.37. The van der Waals surface area contributed by atoms with Gasteiger partial charge in [-0.2, -0.15) is 0 Å². The quantitative estimate of drug-likeness (QED) is 0.593. The summed E-state index contributed by atoms with van der Waals surface area (Å²) in [6.07, 6.45) is 6.39. The van der Waals surface area contributed by atoms with E-state index in [0.29, 0.717) is 0 Å². The Bertz CT molecular complexity index is 123. The lowest BCUT2D eigenvalue weighted by molar-refractivity contribution is 0.105. The molecule has 1 N–H and O–H groups in total. The Morgan fingerprint density at radius 3 is 2.60 bits per heavy atom. The van der Waals surface area contributed by atoms with Crippen molar-refractivity contribution < 1.29 is 5.11 Å². The molecule has 0 saturated heterocycles. The van der Waals surface area contributed by atoms with Gasteiger partial charge in [-0.1, -0.05) is 6.08 Å². The molecule has 0 aromatic rings. The molecule has 1 unspecified atom stereocenters. The minimum absolute atomic E-state index is 0.118. The molecule has 58 valence electrons. The van der Waals surface area contributed by atoms with Gasteiger partial charge >= 0.3 is 0 Å². The summed E-state index contributed by atoms with van der Waals surface area (Å²) in [5, 5.41) is 9.33. The standard InChI is InChI=1S/C9H16O/c1-3-4-5-9(6-7-9)8(2)10/h3,8,10H,1,4-7H2,2H3. The van der Waals surface area contributed by atoms with Crippen LogP contribution in [0.15, 0.2) is 12.7 Å². The highest BCUT2D eigenvalue weighted by molar-refractivity contribution is 4.97. The molecule has 0 aromatic heterocycles. The van der Waals surface area contributed by atoms with Crippen LogP contribution < -0.4 is 0 Å². The van der Waals surface area contributed by atoms with E-state index in [-0.39, 0.29) is 11.5 Å². The molecule has 0 aromatic carbocycles. The molecule has 0 spiro atoms. The highest BCUT2D eigenvalue weighted by Gasteiger charge is 2.45. The number of aliphatic hydroxyl groups is 1. The molecule has 1 aliphatic rings. The maximum absolute atomic E-state index is 9.33. The molecular weight excluding hydrogens is 124 g/mol. The highest BCUT2D eigenvalue weighted by Crippen LogP contribution is 2.52. The van der Waals surface area contributed by atoms with Crippen molar-refractivity contribution in [2.24, 2.45) is 5.41 Å². The number of hydrogen-bond donors (Lipinski definition) is 1. The summed E-state index contributed by atoms with van der Waals surface area (Å²) in [5.41, 5.74) is 0.286. The van der Waals surface area contributed by atoms with E-state index in [1.807, 2.05) is 13.0 Å². The normalized spacial score (nSPS) is 23.8. The molecule has 10 heavy (non-hydrogen) atoms. The summed E-state index contributed by atoms with van der Waals surface area (Å²) in [5.74, 6) is 0. The lowest BCUT2D eigenvalue weighted by Crippen LogP contribution is -2.17. The van der Waals surface area contributed by atoms with E-state index in [9.17, 15) is 5.11 Å². The third-order valence-electron chi connectivity index (χ3n) is 2.62. The van der Waals surface area contributed by atoms with E-state index in [1.54, 1.807) is 0 Å². The lowest BCUT2D eigenvalue weighted by Gasteiger charge is -2.16. The lowest BCUT2D eigenvalue weighted by atomic mass is 9.95. The van der Waals surface area contributed by atoms with Gasteiger partial charge in [-0.05, 0) is 38.0 Å². The molecule has 0 radical (unpaired) electrons. The van der Waals surface area contributed by atoms with Gasteiger partial charge < -0.3 is 5.11 Å². The van der Waals surface area contributed by atoms with Crippen molar-refractivity contribution in [1.82, 2.24) is 0 Å². The van der Waals surface area contributed by atoms with Crippen LogP contribution in [0.3, 0.4) is 0 Å². The van der Waals surface area contributed by atoms with Gasteiger partial charge in [0.05, 0.1) is 6.10 Å². The van der Waals surface area contributed by atoms with Crippen LogP contribution in [0.4, 0.5) is 0 Å². The van der Waals surface area contributed by atoms with E-state index >= 15 is 0 Å². The molecule has 1 nitrogen and oxygen atoms in total. The SMILES string of the molecule is C=CCCC1(C(C)O)CC1. The van der Waals surface area contributed by atoms with Crippen molar-refractivity contribution in [3.8, 4) is 0 Å². The van der Waals surface area contributed by atoms with E-state index in [2.05, 4.69) is 6.58 Å². The molecule has 0 bridgehead atoms. The average molecular weight is 140 g/mol. The maximum Gasteiger partial charge on any atom is 0.0568 e. The van der Waals surface area contributed by atoms with Crippen LogP contribution in [0.25, 0.3) is 0 Å². The van der Waals surface area contributed by atoms with E-state index in [1.165, 1.54) is 12.8 Å². The Hall–Kier alpha value is -0.300. The van der Waals surface area contributed by atoms with Crippen LogP contribution in [0.2, 0.25) is 0 Å². The third-order valence-corrected chi connectivity index (χ3v) is 2.62. The summed E-state index contributed by atoms with van der Waals surface area (Å²) in [7, 11) is 0. The van der Waals surface area contributed by atoms with Gasteiger partial charge in [-0.25, -0.2) is 0 Å². The highest BCUT2D eigenvalue weighted by atomic mass is 16.3. The minimum Gasteiger partial charge on any atom is -0.393 e. The van der Waals surface area contributed by atoms with Crippen LogP contribution in [0.5, 0.6) is 0 Å². The molecule has 0 heterocycles. The molecule has 1 aliphatic carbocycles. The molecule has 0 amide bonds. The maximum atomic E-state index is 9.33. The summed E-state index contributed by atoms with van der Waals surface area (Å²) >= 11 is 0. The van der Waals surface area contributed by atoms with Crippen molar-refractivity contribution in [3.63, 3.8) is 0 Å². The summed E-state index contributed by atoms with van der Waals surface area (Å²) in [4.78, 5) is 0. The zero-order chi connectivity index (χ0) is 7.61. The van der Waals surface area contributed by atoms with E-state index in [4.69, 9.17) is 0 Å². The largest absolute Gasteiger partial charge is 0.393 e. The molecule has 0 aliphatic heterocycles. The predicted octanol–water partition coefficient (Wildman–Crippen LogP) is 2.11. The Labute approximate surface area is 62.8 Å². The fourth-order valence-corrected chi connectivity index (χ4v) is 1.43. The first-order valence-corrected chi connectivity index (χ1v) is 4.00. The second kappa shape index (κ2) is 2.75. The van der Waals surface area contributed by atoms with Gasteiger partial charge in [-0.3, -0.25) is 0 Å². The third kappa shape index (κ3) is 1.40. The fourth-order valence-electron chi connectivity index (χ4n) is 1.43. The van der Waals surface area contributed by atoms with Gasteiger partial charge in [0.1, 0.15) is 0 Å². The van der Waals surface area contributed by atoms with Gasteiger partial charge in [0.15, 0.2) is 0 Å². The molecule has 1 heteroatoms. The van der Waals surface area contributed by atoms with Crippen molar-refractivity contribution in [1.29, 1.82) is 0 Å². The van der Waals surface area contributed by atoms with E-state index < -0.39 is 0 Å². The Morgan fingerprint density at radius 1 is 1.70 bits per heavy atom.